The molecule has 0 amide bonds. The molecule has 1 aliphatic rings. The smallest absolute Gasteiger partial charge is 0.191 e. The van der Waals surface area contributed by atoms with Gasteiger partial charge in [0.2, 0.25) is 0 Å². The molecule has 0 saturated heterocycles. The van der Waals surface area contributed by atoms with Crippen LogP contribution >= 0.6 is 11.6 Å². The van der Waals surface area contributed by atoms with Gasteiger partial charge in [-0.2, -0.15) is 5.10 Å². The van der Waals surface area contributed by atoms with Crippen LogP contribution in [0.5, 0.6) is 0 Å². The lowest BCUT2D eigenvalue weighted by atomic mass is 10.1. The van der Waals surface area contributed by atoms with Gasteiger partial charge in [0, 0.05) is 44.6 Å². The summed E-state index contributed by atoms with van der Waals surface area (Å²) in [5, 5.41) is 12.1. The molecule has 0 saturated carbocycles. The molecular weight excluding hydrogens is 364 g/mol. The van der Waals surface area contributed by atoms with Gasteiger partial charge in [-0.15, -0.1) is 0 Å². The van der Waals surface area contributed by atoms with E-state index in [2.05, 4.69) is 32.6 Å². The number of nitrogens with one attached hydrogen (secondary N) is 2. The fourth-order valence-electron chi connectivity index (χ4n) is 3.25. The third-order valence-corrected chi connectivity index (χ3v) is 4.98. The number of aliphatic imine (C=N–C) groups is 1. The number of aromatic nitrogens is 3. The Bertz CT molecular complexity index is 790. The summed E-state index contributed by atoms with van der Waals surface area (Å²) in [4.78, 5) is 8.91. The molecule has 7 nitrogen and oxygen atoms in total. The quantitative estimate of drug-likeness (QED) is 0.585. The number of guanidine groups is 1. The minimum atomic E-state index is -0.109. The van der Waals surface area contributed by atoms with Gasteiger partial charge in [-0.05, 0) is 24.1 Å². The van der Waals surface area contributed by atoms with Crippen molar-refractivity contribution in [3.63, 3.8) is 0 Å². The lowest BCUT2D eigenvalue weighted by Crippen LogP contribution is -2.48. The van der Waals surface area contributed by atoms with E-state index < -0.39 is 0 Å². The highest BCUT2D eigenvalue weighted by atomic mass is 35.5. The molecule has 2 atom stereocenters. The van der Waals surface area contributed by atoms with Crippen molar-refractivity contribution < 1.29 is 4.74 Å². The van der Waals surface area contributed by atoms with E-state index in [9.17, 15) is 0 Å². The van der Waals surface area contributed by atoms with E-state index in [4.69, 9.17) is 16.3 Å². The van der Waals surface area contributed by atoms with Crippen molar-refractivity contribution in [2.24, 2.45) is 4.99 Å². The Kier molecular flexibility index (Phi) is 6.68. The third-order valence-electron chi connectivity index (χ3n) is 4.74. The summed E-state index contributed by atoms with van der Waals surface area (Å²) in [5.74, 6) is 2.74. The molecule has 2 heterocycles. The highest BCUT2D eigenvalue weighted by Gasteiger charge is 2.22. The second kappa shape index (κ2) is 9.19. The summed E-state index contributed by atoms with van der Waals surface area (Å²) in [5.41, 5.74) is 1.03. The zero-order chi connectivity index (χ0) is 19.2. The minimum Gasteiger partial charge on any atom is -0.375 e. The number of aryl methyl sites for hydroxylation is 2. The van der Waals surface area contributed by atoms with Crippen molar-refractivity contribution in [1.29, 1.82) is 0 Å². The maximum Gasteiger partial charge on any atom is 0.191 e. The van der Waals surface area contributed by atoms with Crippen molar-refractivity contribution in [2.75, 3.05) is 20.7 Å². The first kappa shape index (κ1) is 19.6. The SMILES string of the molecule is CCc1nc2n(n1)CC(NC(=NC)NCC(OC)c1cccc(Cl)c1)CC2. The fourth-order valence-corrected chi connectivity index (χ4v) is 3.45. The van der Waals surface area contributed by atoms with Gasteiger partial charge in [-0.3, -0.25) is 4.99 Å². The van der Waals surface area contributed by atoms with Crippen LogP contribution in [0.15, 0.2) is 29.3 Å². The van der Waals surface area contributed by atoms with Gasteiger partial charge in [-0.25, -0.2) is 9.67 Å². The summed E-state index contributed by atoms with van der Waals surface area (Å²) in [6.07, 6.45) is 2.68. The van der Waals surface area contributed by atoms with E-state index in [-0.39, 0.29) is 12.1 Å². The number of hydrogen-bond acceptors (Lipinski definition) is 4. The van der Waals surface area contributed by atoms with Crippen LogP contribution in [0, 0.1) is 0 Å². The predicted molar refractivity (Wildman–Crippen MR) is 107 cm³/mol. The first-order valence-corrected chi connectivity index (χ1v) is 9.68. The lowest BCUT2D eigenvalue weighted by Gasteiger charge is -2.26. The maximum absolute atomic E-state index is 6.09. The van der Waals surface area contributed by atoms with E-state index in [0.29, 0.717) is 11.6 Å². The van der Waals surface area contributed by atoms with Crippen LogP contribution in [-0.2, 0) is 24.1 Å². The zero-order valence-electron chi connectivity index (χ0n) is 16.1. The second-order valence-corrected chi connectivity index (χ2v) is 7.03. The number of halogens is 1. The molecule has 2 unspecified atom stereocenters. The molecule has 27 heavy (non-hydrogen) atoms. The van der Waals surface area contributed by atoms with Crippen molar-refractivity contribution >= 4 is 17.6 Å². The topological polar surface area (TPSA) is 76.4 Å². The van der Waals surface area contributed by atoms with Gasteiger partial charge < -0.3 is 15.4 Å². The first-order chi connectivity index (χ1) is 13.1. The maximum atomic E-state index is 6.09. The van der Waals surface area contributed by atoms with Crippen LogP contribution in [0.25, 0.3) is 0 Å². The van der Waals surface area contributed by atoms with E-state index in [1.165, 1.54) is 0 Å². The standard InChI is InChI=1S/C19H27ClN6O/c1-4-17-24-18-9-8-15(12-26(18)25-17)23-19(21-2)22-11-16(27-3)13-6-5-7-14(20)10-13/h5-7,10,15-16H,4,8-9,11-12H2,1-3H3,(H2,21,22,23). The van der Waals surface area contributed by atoms with Crippen LogP contribution in [-0.4, -0.2) is 47.5 Å². The zero-order valence-corrected chi connectivity index (χ0v) is 16.8. The van der Waals surface area contributed by atoms with Crippen molar-refractivity contribution in [3.05, 3.63) is 46.5 Å². The second-order valence-electron chi connectivity index (χ2n) is 6.59. The van der Waals surface area contributed by atoms with Gasteiger partial charge in [0.15, 0.2) is 11.8 Å². The Balaban J connectivity index is 1.56. The van der Waals surface area contributed by atoms with E-state index >= 15 is 0 Å². The van der Waals surface area contributed by atoms with Gasteiger partial charge >= 0.3 is 0 Å². The van der Waals surface area contributed by atoms with Crippen LogP contribution < -0.4 is 10.6 Å². The number of hydrogen-bond donors (Lipinski definition) is 2. The third kappa shape index (κ3) is 4.99. The van der Waals surface area contributed by atoms with Gasteiger partial charge in [0.05, 0.1) is 12.6 Å². The lowest BCUT2D eigenvalue weighted by molar-refractivity contribution is 0.106. The largest absolute Gasteiger partial charge is 0.375 e. The predicted octanol–water partition coefficient (Wildman–Crippen LogP) is 2.36. The Morgan fingerprint density at radius 2 is 2.33 bits per heavy atom. The molecule has 0 bridgehead atoms. The Morgan fingerprint density at radius 1 is 1.48 bits per heavy atom. The number of benzene rings is 1. The van der Waals surface area contributed by atoms with Crippen LogP contribution in [0.2, 0.25) is 5.02 Å². The number of ether oxygens (including phenoxy) is 1. The highest BCUT2D eigenvalue weighted by Crippen LogP contribution is 2.20. The molecule has 2 N–H and O–H groups in total. The molecule has 8 heteroatoms. The minimum absolute atomic E-state index is 0.109. The summed E-state index contributed by atoms with van der Waals surface area (Å²) < 4.78 is 7.62. The number of rotatable bonds is 6. The van der Waals surface area contributed by atoms with Gasteiger partial charge in [-0.1, -0.05) is 30.7 Å². The van der Waals surface area contributed by atoms with E-state index in [1.54, 1.807) is 14.2 Å². The summed E-state index contributed by atoms with van der Waals surface area (Å²) in [6, 6.07) is 7.99. The number of fused-ring (bicyclic) bond motifs is 1. The Labute approximate surface area is 165 Å². The van der Waals surface area contributed by atoms with Gasteiger partial charge in [0.25, 0.3) is 0 Å². The summed E-state index contributed by atoms with van der Waals surface area (Å²) in [7, 11) is 3.47. The van der Waals surface area contributed by atoms with Crippen LogP contribution in [0.4, 0.5) is 0 Å². The molecule has 0 fully saturated rings. The molecule has 2 aromatic rings. The average molecular weight is 391 g/mol. The normalized spacial score (nSPS) is 18.1. The first-order valence-electron chi connectivity index (χ1n) is 9.31. The molecule has 1 aromatic heterocycles. The summed E-state index contributed by atoms with van der Waals surface area (Å²) in [6.45, 7) is 3.47. The Morgan fingerprint density at radius 3 is 3.04 bits per heavy atom. The van der Waals surface area contributed by atoms with Crippen molar-refractivity contribution in [3.8, 4) is 0 Å². The van der Waals surface area contributed by atoms with Crippen LogP contribution in [0.3, 0.4) is 0 Å². The van der Waals surface area contributed by atoms with E-state index in [0.717, 1.165) is 49.0 Å². The summed E-state index contributed by atoms with van der Waals surface area (Å²) >= 11 is 6.09. The van der Waals surface area contributed by atoms with E-state index in [1.807, 2.05) is 28.9 Å². The molecule has 1 aromatic carbocycles. The molecule has 0 radical (unpaired) electrons. The molecule has 0 spiro atoms. The van der Waals surface area contributed by atoms with Gasteiger partial charge in [0.1, 0.15) is 5.82 Å². The van der Waals surface area contributed by atoms with Crippen molar-refractivity contribution in [2.45, 2.75) is 44.9 Å². The highest BCUT2D eigenvalue weighted by molar-refractivity contribution is 6.30. The molecule has 1 aliphatic heterocycles. The number of methoxy groups -OCH3 is 1. The van der Waals surface area contributed by atoms with Crippen LogP contribution in [0.1, 0.15) is 36.7 Å². The molecule has 0 aliphatic carbocycles. The monoisotopic (exact) mass is 390 g/mol. The average Bonchev–Trinajstić information content (AvgIpc) is 3.10. The molecular formula is C19H27ClN6O. The van der Waals surface area contributed by atoms with Crippen molar-refractivity contribution in [1.82, 2.24) is 25.4 Å². The Hall–Kier alpha value is -2.12. The fraction of sp³-hybridized carbons (Fsp3) is 0.526. The molecule has 146 valence electrons. The number of nitrogens with zero attached hydrogens (tertiary/aromatic N) is 4. The molecule has 3 rings (SSSR count).